The van der Waals surface area contributed by atoms with E-state index < -0.39 is 30.2 Å². The van der Waals surface area contributed by atoms with Gasteiger partial charge in [-0.2, -0.15) is 0 Å². The van der Waals surface area contributed by atoms with Gasteiger partial charge in [-0.3, -0.25) is 19.3 Å². The van der Waals surface area contributed by atoms with Gasteiger partial charge in [0.05, 0.1) is 0 Å². The van der Waals surface area contributed by atoms with E-state index in [1.807, 2.05) is 12.1 Å². The van der Waals surface area contributed by atoms with Crippen LogP contribution in [0, 0.1) is 11.8 Å². The van der Waals surface area contributed by atoms with Crippen LogP contribution in [0.4, 0.5) is 0 Å². The SMILES string of the molecule is CNC(=O)C(C(=O)CO)N(C)C(=O)c1ccc(C#Cc2ccc(CN(C)C3CC3)cc2)cc1. The van der Waals surface area contributed by atoms with Crippen molar-refractivity contribution in [2.75, 3.05) is 27.7 Å². The fourth-order valence-electron chi connectivity index (χ4n) is 3.55. The molecule has 172 valence electrons. The number of Topliss-reactive ketones (excluding diaryl/α,β-unsaturated/α-hetero) is 1. The summed E-state index contributed by atoms with van der Waals surface area (Å²) in [6, 6.07) is 14.2. The number of nitrogens with zero attached hydrogens (tertiary/aromatic N) is 2. The van der Waals surface area contributed by atoms with E-state index in [0.717, 1.165) is 28.6 Å². The van der Waals surface area contributed by atoms with Crippen LogP contribution in [-0.2, 0) is 16.1 Å². The van der Waals surface area contributed by atoms with Gasteiger partial charge in [-0.25, -0.2) is 0 Å². The van der Waals surface area contributed by atoms with Crippen molar-refractivity contribution in [2.45, 2.75) is 31.5 Å². The summed E-state index contributed by atoms with van der Waals surface area (Å²) in [6.07, 6.45) is 2.58. The summed E-state index contributed by atoms with van der Waals surface area (Å²) in [5, 5.41) is 11.5. The molecule has 33 heavy (non-hydrogen) atoms. The Bertz CT molecular complexity index is 1050. The Morgan fingerprint density at radius 2 is 1.55 bits per heavy atom. The standard InChI is InChI=1S/C26H29N3O4/c1-27-25(32)24(23(31)17-30)29(3)26(33)21-12-10-19(11-13-21)5-4-18-6-8-20(9-7-18)16-28(2)22-14-15-22/h6-13,22,24,30H,14-17H2,1-3H3,(H,27,32). The summed E-state index contributed by atoms with van der Waals surface area (Å²) in [4.78, 5) is 40.1. The fourth-order valence-corrected chi connectivity index (χ4v) is 3.55. The number of carbonyl (C=O) groups excluding carboxylic acids is 3. The van der Waals surface area contributed by atoms with Crippen LogP contribution < -0.4 is 5.32 Å². The van der Waals surface area contributed by atoms with Gasteiger partial charge >= 0.3 is 0 Å². The van der Waals surface area contributed by atoms with E-state index >= 15 is 0 Å². The Labute approximate surface area is 194 Å². The zero-order valence-corrected chi connectivity index (χ0v) is 19.2. The number of amides is 2. The highest BCUT2D eigenvalue weighted by Gasteiger charge is 2.32. The first-order chi connectivity index (χ1) is 15.8. The van der Waals surface area contributed by atoms with Crippen molar-refractivity contribution in [1.82, 2.24) is 15.1 Å². The van der Waals surface area contributed by atoms with Gasteiger partial charge < -0.3 is 15.3 Å². The van der Waals surface area contributed by atoms with E-state index in [1.54, 1.807) is 24.3 Å². The number of nitrogens with one attached hydrogen (secondary N) is 1. The van der Waals surface area contributed by atoms with Crippen LogP contribution in [0.25, 0.3) is 0 Å². The molecule has 1 fully saturated rings. The molecule has 2 aromatic rings. The molecule has 1 aliphatic carbocycles. The molecule has 3 rings (SSSR count). The van der Waals surface area contributed by atoms with Gasteiger partial charge in [-0.1, -0.05) is 24.0 Å². The second-order valence-electron chi connectivity index (χ2n) is 8.23. The van der Waals surface area contributed by atoms with Crippen molar-refractivity contribution in [3.63, 3.8) is 0 Å². The second-order valence-corrected chi connectivity index (χ2v) is 8.23. The third kappa shape index (κ3) is 6.28. The molecular formula is C26H29N3O4. The molecule has 0 saturated heterocycles. The van der Waals surface area contributed by atoms with Crippen LogP contribution in [-0.4, -0.2) is 72.3 Å². The summed E-state index contributed by atoms with van der Waals surface area (Å²) < 4.78 is 0. The molecule has 1 aliphatic rings. The van der Waals surface area contributed by atoms with E-state index in [0.29, 0.717) is 5.56 Å². The quantitative estimate of drug-likeness (QED) is 0.472. The maximum Gasteiger partial charge on any atom is 0.254 e. The summed E-state index contributed by atoms with van der Waals surface area (Å²) in [6.45, 7) is 0.107. The van der Waals surface area contributed by atoms with Crippen LogP contribution in [0.3, 0.4) is 0 Å². The minimum atomic E-state index is -1.39. The molecule has 0 bridgehead atoms. The Morgan fingerprint density at radius 3 is 2.03 bits per heavy atom. The molecule has 1 saturated carbocycles. The van der Waals surface area contributed by atoms with Crippen LogP contribution in [0.2, 0.25) is 0 Å². The molecule has 0 radical (unpaired) electrons. The van der Waals surface area contributed by atoms with E-state index in [2.05, 4.69) is 41.2 Å². The number of aliphatic hydroxyl groups excluding tert-OH is 1. The zero-order chi connectivity index (χ0) is 24.0. The molecule has 0 spiro atoms. The number of hydrogen-bond acceptors (Lipinski definition) is 5. The first-order valence-electron chi connectivity index (χ1n) is 10.9. The van der Waals surface area contributed by atoms with Crippen molar-refractivity contribution in [1.29, 1.82) is 0 Å². The van der Waals surface area contributed by atoms with Crippen molar-refractivity contribution in [3.8, 4) is 11.8 Å². The second kappa shape index (κ2) is 10.9. The lowest BCUT2D eigenvalue weighted by atomic mass is 10.1. The van der Waals surface area contributed by atoms with Gasteiger partial charge in [0.2, 0.25) is 5.91 Å². The van der Waals surface area contributed by atoms with Crippen LogP contribution in [0.1, 0.15) is 39.9 Å². The Hall–Kier alpha value is -3.47. The zero-order valence-electron chi connectivity index (χ0n) is 19.2. The number of rotatable bonds is 8. The van der Waals surface area contributed by atoms with Gasteiger partial charge in [0, 0.05) is 43.4 Å². The Morgan fingerprint density at radius 1 is 1.00 bits per heavy atom. The lowest BCUT2D eigenvalue weighted by Gasteiger charge is -2.25. The largest absolute Gasteiger partial charge is 0.388 e. The lowest BCUT2D eigenvalue weighted by Crippen LogP contribution is -2.52. The average molecular weight is 448 g/mol. The van der Waals surface area contributed by atoms with Gasteiger partial charge in [0.15, 0.2) is 11.8 Å². The third-order valence-corrected chi connectivity index (χ3v) is 5.70. The number of ketones is 1. The van der Waals surface area contributed by atoms with E-state index in [1.165, 1.54) is 32.5 Å². The number of hydrogen-bond donors (Lipinski definition) is 2. The monoisotopic (exact) mass is 447 g/mol. The molecule has 0 aromatic heterocycles. The molecule has 2 aromatic carbocycles. The van der Waals surface area contributed by atoms with Crippen molar-refractivity contribution in [2.24, 2.45) is 0 Å². The Kier molecular flexibility index (Phi) is 7.99. The molecule has 7 heteroatoms. The number of carbonyl (C=O) groups is 3. The normalized spacial score (nSPS) is 13.6. The maximum absolute atomic E-state index is 12.7. The predicted molar refractivity (Wildman–Crippen MR) is 125 cm³/mol. The van der Waals surface area contributed by atoms with Gasteiger partial charge in [-0.05, 0) is 61.9 Å². The smallest absolute Gasteiger partial charge is 0.254 e. The van der Waals surface area contributed by atoms with Crippen molar-refractivity contribution in [3.05, 3.63) is 70.8 Å². The summed E-state index contributed by atoms with van der Waals surface area (Å²) in [7, 11) is 4.88. The van der Waals surface area contributed by atoms with Crippen molar-refractivity contribution >= 4 is 17.6 Å². The molecule has 0 aliphatic heterocycles. The van der Waals surface area contributed by atoms with Crippen LogP contribution in [0.15, 0.2) is 48.5 Å². The van der Waals surface area contributed by atoms with Gasteiger partial charge in [0.1, 0.15) is 6.61 Å². The topological polar surface area (TPSA) is 90.0 Å². The third-order valence-electron chi connectivity index (χ3n) is 5.70. The average Bonchev–Trinajstić information content (AvgIpc) is 3.69. The van der Waals surface area contributed by atoms with Gasteiger partial charge in [-0.15, -0.1) is 0 Å². The number of likely N-dealkylation sites (N-methyl/N-ethyl adjacent to an activating group) is 2. The summed E-state index contributed by atoms with van der Waals surface area (Å²) in [5.74, 6) is 4.30. The molecule has 1 atom stereocenters. The predicted octanol–water partition coefficient (Wildman–Crippen LogP) is 1.43. The van der Waals surface area contributed by atoms with E-state index in [-0.39, 0.29) is 0 Å². The number of benzene rings is 2. The highest BCUT2D eigenvalue weighted by molar-refractivity contribution is 6.10. The van der Waals surface area contributed by atoms with Crippen LogP contribution >= 0.6 is 0 Å². The highest BCUT2D eigenvalue weighted by Crippen LogP contribution is 2.26. The van der Waals surface area contributed by atoms with E-state index in [4.69, 9.17) is 5.11 Å². The van der Waals surface area contributed by atoms with Crippen LogP contribution in [0.5, 0.6) is 0 Å². The molecule has 2 N–H and O–H groups in total. The molecule has 1 unspecified atom stereocenters. The molecule has 7 nitrogen and oxygen atoms in total. The minimum Gasteiger partial charge on any atom is -0.388 e. The lowest BCUT2D eigenvalue weighted by molar-refractivity contribution is -0.135. The fraction of sp³-hybridized carbons (Fsp3) is 0.346. The highest BCUT2D eigenvalue weighted by atomic mass is 16.3. The van der Waals surface area contributed by atoms with Gasteiger partial charge in [0.25, 0.3) is 5.91 Å². The van der Waals surface area contributed by atoms with Crippen molar-refractivity contribution < 1.29 is 19.5 Å². The minimum absolute atomic E-state index is 0.312. The van der Waals surface area contributed by atoms with E-state index in [9.17, 15) is 14.4 Å². The number of aliphatic hydroxyl groups is 1. The summed E-state index contributed by atoms with van der Waals surface area (Å²) >= 11 is 0. The first-order valence-corrected chi connectivity index (χ1v) is 10.9. The molecule has 0 heterocycles. The first kappa shape index (κ1) is 24.2. The molecular weight excluding hydrogens is 418 g/mol. The molecule has 2 amide bonds. The summed E-state index contributed by atoms with van der Waals surface area (Å²) in [5.41, 5.74) is 3.22. The maximum atomic E-state index is 12.7. The Balaban J connectivity index is 1.65.